The third kappa shape index (κ3) is 3.58. The Morgan fingerprint density at radius 2 is 1.81 bits per heavy atom. The number of benzene rings is 2. The summed E-state index contributed by atoms with van der Waals surface area (Å²) >= 11 is 6.20. The molecule has 1 N–H and O–H groups in total. The summed E-state index contributed by atoms with van der Waals surface area (Å²) < 4.78 is 11.0. The number of carbonyl (C=O) groups is 1. The molecule has 2 aliphatic rings. The van der Waals surface area contributed by atoms with Crippen molar-refractivity contribution in [3.8, 4) is 11.5 Å². The van der Waals surface area contributed by atoms with Crippen molar-refractivity contribution in [2.75, 3.05) is 31.2 Å². The summed E-state index contributed by atoms with van der Waals surface area (Å²) in [7, 11) is 0. The Morgan fingerprint density at radius 3 is 2.58 bits per heavy atom. The van der Waals surface area contributed by atoms with Crippen LogP contribution in [0.25, 0.3) is 0 Å². The molecule has 1 amide bonds. The number of nitrogens with one attached hydrogen (secondary N) is 1. The fraction of sp³-hybridized carbons (Fsp3) is 0.350. The van der Waals surface area contributed by atoms with E-state index < -0.39 is 0 Å². The van der Waals surface area contributed by atoms with E-state index in [9.17, 15) is 4.79 Å². The second kappa shape index (κ2) is 7.46. The van der Waals surface area contributed by atoms with Crippen molar-refractivity contribution in [3.63, 3.8) is 0 Å². The Morgan fingerprint density at radius 1 is 1.08 bits per heavy atom. The number of nitrogens with zero attached hydrogens (tertiary/aromatic N) is 1. The van der Waals surface area contributed by atoms with Gasteiger partial charge in [0, 0.05) is 30.9 Å². The molecule has 26 heavy (non-hydrogen) atoms. The Balaban J connectivity index is 1.40. The van der Waals surface area contributed by atoms with Gasteiger partial charge in [0.2, 0.25) is 0 Å². The SMILES string of the molecule is O=C(NCc1ccc(N2CCCC2)cc1)c1cc(Cl)c2c(c1)OCCO2. The zero-order chi connectivity index (χ0) is 17.9. The number of amides is 1. The zero-order valence-electron chi connectivity index (χ0n) is 14.5. The van der Waals surface area contributed by atoms with E-state index in [0.717, 1.165) is 18.7 Å². The van der Waals surface area contributed by atoms with Gasteiger partial charge in [-0.2, -0.15) is 0 Å². The number of hydrogen-bond donors (Lipinski definition) is 1. The molecule has 1 saturated heterocycles. The predicted molar refractivity (Wildman–Crippen MR) is 102 cm³/mol. The minimum Gasteiger partial charge on any atom is -0.486 e. The summed E-state index contributed by atoms with van der Waals surface area (Å²) in [4.78, 5) is 14.8. The van der Waals surface area contributed by atoms with Gasteiger partial charge in [0.15, 0.2) is 11.5 Å². The summed E-state index contributed by atoms with van der Waals surface area (Å²) in [6.45, 7) is 3.64. The van der Waals surface area contributed by atoms with Crippen molar-refractivity contribution in [1.82, 2.24) is 5.32 Å². The Hall–Kier alpha value is -2.40. The van der Waals surface area contributed by atoms with E-state index in [0.29, 0.717) is 41.8 Å². The topological polar surface area (TPSA) is 50.8 Å². The molecular weight excluding hydrogens is 352 g/mol. The molecule has 0 unspecified atom stereocenters. The maximum absolute atomic E-state index is 12.5. The summed E-state index contributed by atoms with van der Waals surface area (Å²) in [5.41, 5.74) is 2.77. The zero-order valence-corrected chi connectivity index (χ0v) is 15.2. The molecular formula is C20H21ClN2O3. The lowest BCUT2D eigenvalue weighted by molar-refractivity contribution is 0.0949. The van der Waals surface area contributed by atoms with Crippen LogP contribution in [-0.4, -0.2) is 32.2 Å². The third-order valence-electron chi connectivity index (χ3n) is 4.72. The molecule has 0 saturated carbocycles. The van der Waals surface area contributed by atoms with Crippen molar-refractivity contribution in [2.24, 2.45) is 0 Å². The van der Waals surface area contributed by atoms with Crippen LogP contribution < -0.4 is 19.7 Å². The van der Waals surface area contributed by atoms with Crippen molar-refractivity contribution >= 4 is 23.2 Å². The molecule has 1 fully saturated rings. The van der Waals surface area contributed by atoms with Gasteiger partial charge in [-0.3, -0.25) is 4.79 Å². The number of fused-ring (bicyclic) bond motifs is 1. The van der Waals surface area contributed by atoms with Gasteiger partial charge in [-0.15, -0.1) is 0 Å². The van der Waals surface area contributed by atoms with Crippen molar-refractivity contribution < 1.29 is 14.3 Å². The maximum Gasteiger partial charge on any atom is 0.251 e. The van der Waals surface area contributed by atoms with E-state index in [2.05, 4.69) is 34.5 Å². The first-order valence-corrected chi connectivity index (χ1v) is 9.30. The third-order valence-corrected chi connectivity index (χ3v) is 5.00. The van der Waals surface area contributed by atoms with Crippen molar-refractivity contribution in [1.29, 1.82) is 0 Å². The van der Waals surface area contributed by atoms with Crippen LogP contribution in [0.15, 0.2) is 36.4 Å². The Kier molecular flexibility index (Phi) is 4.89. The summed E-state index contributed by atoms with van der Waals surface area (Å²) in [6, 6.07) is 11.6. The molecule has 2 aromatic rings. The molecule has 2 heterocycles. The molecule has 0 atom stereocenters. The fourth-order valence-corrected chi connectivity index (χ4v) is 3.59. The normalized spacial score (nSPS) is 15.8. The van der Waals surface area contributed by atoms with Gasteiger partial charge in [-0.1, -0.05) is 23.7 Å². The molecule has 2 aliphatic heterocycles. The number of rotatable bonds is 4. The predicted octanol–water partition coefficient (Wildman–Crippen LogP) is 3.64. The maximum atomic E-state index is 12.5. The molecule has 2 aromatic carbocycles. The van der Waals surface area contributed by atoms with Crippen LogP contribution in [0.2, 0.25) is 5.02 Å². The molecule has 0 bridgehead atoms. The van der Waals surface area contributed by atoms with E-state index in [1.807, 2.05) is 0 Å². The van der Waals surface area contributed by atoms with Gasteiger partial charge in [0.05, 0.1) is 5.02 Å². The highest BCUT2D eigenvalue weighted by molar-refractivity contribution is 6.32. The van der Waals surface area contributed by atoms with E-state index in [4.69, 9.17) is 21.1 Å². The molecule has 0 spiro atoms. The Bertz CT molecular complexity index is 801. The summed E-state index contributed by atoms with van der Waals surface area (Å²) in [5.74, 6) is 0.836. The molecule has 4 rings (SSSR count). The largest absolute Gasteiger partial charge is 0.486 e. The van der Waals surface area contributed by atoms with Crippen molar-refractivity contribution in [3.05, 3.63) is 52.5 Å². The molecule has 0 radical (unpaired) electrons. The average molecular weight is 373 g/mol. The lowest BCUT2D eigenvalue weighted by Crippen LogP contribution is -2.24. The highest BCUT2D eigenvalue weighted by atomic mass is 35.5. The first kappa shape index (κ1) is 17.0. The lowest BCUT2D eigenvalue weighted by atomic mass is 10.1. The van der Waals surface area contributed by atoms with Gasteiger partial charge in [-0.25, -0.2) is 0 Å². The minimum absolute atomic E-state index is 0.188. The van der Waals surface area contributed by atoms with Crippen LogP contribution in [0.3, 0.4) is 0 Å². The molecule has 0 aromatic heterocycles. The van der Waals surface area contributed by atoms with Crippen LogP contribution in [0, 0.1) is 0 Å². The minimum atomic E-state index is -0.188. The molecule has 136 valence electrons. The van der Waals surface area contributed by atoms with E-state index >= 15 is 0 Å². The number of halogens is 1. The lowest BCUT2D eigenvalue weighted by Gasteiger charge is -2.20. The Labute approximate surface area is 157 Å². The van der Waals surface area contributed by atoms with Gasteiger partial charge in [0.1, 0.15) is 13.2 Å². The quantitative estimate of drug-likeness (QED) is 0.890. The average Bonchev–Trinajstić information content (AvgIpc) is 3.21. The number of carbonyl (C=O) groups excluding carboxylic acids is 1. The van der Waals surface area contributed by atoms with Gasteiger partial charge in [0.25, 0.3) is 5.91 Å². The second-order valence-corrected chi connectivity index (χ2v) is 6.93. The molecule has 5 nitrogen and oxygen atoms in total. The monoisotopic (exact) mass is 372 g/mol. The van der Waals surface area contributed by atoms with Gasteiger partial charge >= 0.3 is 0 Å². The molecule has 0 aliphatic carbocycles. The van der Waals surface area contributed by atoms with Gasteiger partial charge in [-0.05, 0) is 42.7 Å². The van der Waals surface area contributed by atoms with Crippen LogP contribution in [0.5, 0.6) is 11.5 Å². The number of hydrogen-bond acceptors (Lipinski definition) is 4. The first-order chi connectivity index (χ1) is 12.7. The van der Waals surface area contributed by atoms with E-state index in [1.165, 1.54) is 18.5 Å². The highest BCUT2D eigenvalue weighted by Gasteiger charge is 2.19. The summed E-state index contributed by atoms with van der Waals surface area (Å²) in [6.07, 6.45) is 2.52. The van der Waals surface area contributed by atoms with Gasteiger partial charge < -0.3 is 19.7 Å². The molecule has 6 heteroatoms. The highest BCUT2D eigenvalue weighted by Crippen LogP contribution is 2.38. The number of ether oxygens (including phenoxy) is 2. The van der Waals surface area contributed by atoms with Crippen LogP contribution in [0.1, 0.15) is 28.8 Å². The fourth-order valence-electron chi connectivity index (χ4n) is 3.33. The van der Waals surface area contributed by atoms with Crippen LogP contribution in [0.4, 0.5) is 5.69 Å². The smallest absolute Gasteiger partial charge is 0.251 e. The second-order valence-electron chi connectivity index (χ2n) is 6.53. The standard InChI is InChI=1S/C20H21ClN2O3/c21-17-11-15(12-18-19(17)26-10-9-25-18)20(24)22-13-14-3-5-16(6-4-14)23-7-1-2-8-23/h3-6,11-12H,1-2,7-10,13H2,(H,22,24). The van der Waals surface area contributed by atoms with E-state index in [-0.39, 0.29) is 5.91 Å². The summed E-state index contributed by atoms with van der Waals surface area (Å²) in [5, 5.41) is 3.32. The first-order valence-electron chi connectivity index (χ1n) is 8.92. The number of anilines is 1. The van der Waals surface area contributed by atoms with E-state index in [1.54, 1.807) is 12.1 Å². The van der Waals surface area contributed by atoms with Crippen LogP contribution >= 0.6 is 11.6 Å². The van der Waals surface area contributed by atoms with Crippen molar-refractivity contribution in [2.45, 2.75) is 19.4 Å². The van der Waals surface area contributed by atoms with Crippen LogP contribution in [-0.2, 0) is 6.54 Å².